The molecule has 2 aromatic heterocycles. The molecule has 1 amide bonds. The highest BCUT2D eigenvalue weighted by Crippen LogP contribution is 2.39. The van der Waals surface area contributed by atoms with Gasteiger partial charge in [-0.15, -0.1) is 0 Å². The van der Waals surface area contributed by atoms with Crippen LogP contribution in [0, 0.1) is 0 Å². The third-order valence-corrected chi connectivity index (χ3v) is 3.87. The molecule has 0 spiro atoms. The van der Waals surface area contributed by atoms with E-state index in [1.165, 1.54) is 12.8 Å². The summed E-state index contributed by atoms with van der Waals surface area (Å²) in [4.78, 5) is 20.8. The highest BCUT2D eigenvalue weighted by Gasteiger charge is 2.26. The van der Waals surface area contributed by atoms with Gasteiger partial charge >= 0.3 is 6.09 Å². The lowest BCUT2D eigenvalue weighted by atomic mass is 10.1. The van der Waals surface area contributed by atoms with Gasteiger partial charge in [0.1, 0.15) is 11.6 Å². The second kappa shape index (κ2) is 6.82. The van der Waals surface area contributed by atoms with Gasteiger partial charge in [-0.05, 0) is 52.2 Å². The molecule has 1 fully saturated rings. The zero-order valence-electron chi connectivity index (χ0n) is 15.1. The monoisotopic (exact) mass is 344 g/mol. The number of nitrogens with one attached hydrogen (secondary N) is 1. The summed E-state index contributed by atoms with van der Waals surface area (Å²) in [5.74, 6) is 1.43. The quantitative estimate of drug-likeness (QED) is 0.882. The molecule has 2 aromatic rings. The molecule has 2 heterocycles. The predicted octanol–water partition coefficient (Wildman–Crippen LogP) is 3.98. The van der Waals surface area contributed by atoms with Gasteiger partial charge in [0, 0.05) is 23.4 Å². The number of carbonyl (C=O) groups excluding carboxylic acids is 1. The van der Waals surface area contributed by atoms with Crippen LogP contribution in [0.5, 0.6) is 0 Å². The Labute approximate surface area is 147 Å². The summed E-state index contributed by atoms with van der Waals surface area (Å²) < 4.78 is 10.7. The molecule has 0 bridgehead atoms. The zero-order chi connectivity index (χ0) is 18.0. The number of hydrogen-bond acceptors (Lipinski definition) is 6. The second-order valence-electron chi connectivity index (χ2n) is 7.31. The van der Waals surface area contributed by atoms with Crippen LogP contribution in [0.3, 0.4) is 0 Å². The van der Waals surface area contributed by atoms with E-state index in [1.807, 2.05) is 39.8 Å². The Morgan fingerprint density at radius 2 is 2.20 bits per heavy atom. The van der Waals surface area contributed by atoms with Gasteiger partial charge in [0.2, 0.25) is 11.7 Å². The first kappa shape index (κ1) is 17.4. The standard InChI is InChI=1S/C18H24N4O3/c1-5-13(20-17(23)24-18(2,3)4)16-21-15(22-25-16)12-8-9-19-14(10-12)11-6-7-11/h8-11,13H,5-7H2,1-4H3,(H,20,23). The number of alkyl carbamates (subject to hydrolysis) is 1. The lowest BCUT2D eigenvalue weighted by Gasteiger charge is -2.21. The molecule has 7 heteroatoms. The number of hydrogen-bond donors (Lipinski definition) is 1. The minimum absolute atomic E-state index is 0.369. The smallest absolute Gasteiger partial charge is 0.408 e. The molecule has 1 unspecified atom stereocenters. The lowest BCUT2D eigenvalue weighted by molar-refractivity contribution is 0.0492. The van der Waals surface area contributed by atoms with Crippen LogP contribution in [0.25, 0.3) is 11.4 Å². The van der Waals surface area contributed by atoms with Gasteiger partial charge in [0.15, 0.2) is 0 Å². The van der Waals surface area contributed by atoms with E-state index in [0.29, 0.717) is 24.1 Å². The summed E-state index contributed by atoms with van der Waals surface area (Å²) >= 11 is 0. The van der Waals surface area contributed by atoms with Crippen molar-refractivity contribution in [1.82, 2.24) is 20.4 Å². The van der Waals surface area contributed by atoms with E-state index in [-0.39, 0.29) is 6.04 Å². The minimum Gasteiger partial charge on any atom is -0.444 e. The SMILES string of the molecule is CCC(NC(=O)OC(C)(C)C)c1nc(-c2ccnc(C3CC3)c2)no1. The molecule has 1 N–H and O–H groups in total. The first-order valence-electron chi connectivity index (χ1n) is 8.65. The molecule has 1 saturated carbocycles. The van der Waals surface area contributed by atoms with E-state index in [2.05, 4.69) is 20.4 Å². The number of rotatable bonds is 5. The zero-order valence-corrected chi connectivity index (χ0v) is 15.1. The number of aromatic nitrogens is 3. The molecule has 0 saturated heterocycles. The maximum atomic E-state index is 12.0. The second-order valence-corrected chi connectivity index (χ2v) is 7.31. The van der Waals surface area contributed by atoms with Crippen molar-refractivity contribution in [3.05, 3.63) is 29.9 Å². The minimum atomic E-state index is -0.557. The van der Waals surface area contributed by atoms with Crippen molar-refractivity contribution in [2.24, 2.45) is 0 Å². The molecule has 25 heavy (non-hydrogen) atoms. The average Bonchev–Trinajstić information content (AvgIpc) is 3.28. The van der Waals surface area contributed by atoms with Crippen molar-refractivity contribution in [1.29, 1.82) is 0 Å². The Kier molecular flexibility index (Phi) is 4.74. The average molecular weight is 344 g/mol. The molecule has 3 rings (SSSR count). The van der Waals surface area contributed by atoms with Gasteiger partial charge in [-0.25, -0.2) is 4.79 Å². The van der Waals surface area contributed by atoms with Crippen molar-refractivity contribution in [3.63, 3.8) is 0 Å². The topological polar surface area (TPSA) is 90.1 Å². The van der Waals surface area contributed by atoms with Crippen molar-refractivity contribution in [2.75, 3.05) is 0 Å². The van der Waals surface area contributed by atoms with Crippen LogP contribution in [-0.2, 0) is 4.74 Å². The van der Waals surface area contributed by atoms with Gasteiger partial charge in [0.25, 0.3) is 0 Å². The third kappa shape index (κ3) is 4.55. The largest absolute Gasteiger partial charge is 0.444 e. The van der Waals surface area contributed by atoms with Crippen LogP contribution in [0.4, 0.5) is 4.79 Å². The van der Waals surface area contributed by atoms with Crippen LogP contribution in [0.1, 0.15) is 70.5 Å². The fraction of sp³-hybridized carbons (Fsp3) is 0.556. The van der Waals surface area contributed by atoms with E-state index in [9.17, 15) is 4.79 Å². The normalized spacial score (nSPS) is 15.7. The molecule has 0 aliphatic heterocycles. The maximum absolute atomic E-state index is 12.0. The number of nitrogens with zero attached hydrogens (tertiary/aromatic N) is 3. The Bertz CT molecular complexity index is 747. The highest BCUT2D eigenvalue weighted by atomic mass is 16.6. The summed E-state index contributed by atoms with van der Waals surface area (Å²) in [5, 5.41) is 6.83. The molecule has 1 aliphatic rings. The van der Waals surface area contributed by atoms with Crippen molar-refractivity contribution in [2.45, 2.75) is 64.5 Å². The Hall–Kier alpha value is -2.44. The Balaban J connectivity index is 1.72. The van der Waals surface area contributed by atoms with Crippen molar-refractivity contribution in [3.8, 4) is 11.4 Å². The van der Waals surface area contributed by atoms with Gasteiger partial charge in [0.05, 0.1) is 0 Å². The maximum Gasteiger partial charge on any atom is 0.408 e. The van der Waals surface area contributed by atoms with Gasteiger partial charge in [-0.3, -0.25) is 4.98 Å². The summed E-state index contributed by atoms with van der Waals surface area (Å²) in [7, 11) is 0. The number of carbonyl (C=O) groups is 1. The fourth-order valence-corrected chi connectivity index (χ4v) is 2.47. The van der Waals surface area contributed by atoms with Gasteiger partial charge in [-0.1, -0.05) is 12.1 Å². The first-order valence-corrected chi connectivity index (χ1v) is 8.65. The summed E-state index contributed by atoms with van der Waals surface area (Å²) in [6, 6.07) is 3.48. The summed E-state index contributed by atoms with van der Waals surface area (Å²) in [5.41, 5.74) is 1.39. The van der Waals surface area contributed by atoms with Gasteiger partial charge in [-0.2, -0.15) is 4.98 Å². The van der Waals surface area contributed by atoms with E-state index in [0.717, 1.165) is 11.3 Å². The third-order valence-electron chi connectivity index (χ3n) is 3.87. The van der Waals surface area contributed by atoms with Gasteiger partial charge < -0.3 is 14.6 Å². The van der Waals surface area contributed by atoms with E-state index in [4.69, 9.17) is 9.26 Å². The Morgan fingerprint density at radius 1 is 1.44 bits per heavy atom. The molecule has 1 atom stereocenters. The van der Waals surface area contributed by atoms with Crippen molar-refractivity contribution < 1.29 is 14.1 Å². The molecule has 0 aromatic carbocycles. The molecule has 7 nitrogen and oxygen atoms in total. The number of amides is 1. The Morgan fingerprint density at radius 3 is 2.84 bits per heavy atom. The van der Waals surface area contributed by atoms with Crippen molar-refractivity contribution >= 4 is 6.09 Å². The highest BCUT2D eigenvalue weighted by molar-refractivity contribution is 5.68. The number of ether oxygens (including phenoxy) is 1. The fourth-order valence-electron chi connectivity index (χ4n) is 2.47. The first-order chi connectivity index (χ1) is 11.9. The van der Waals surface area contributed by atoms with Crippen LogP contribution in [0.2, 0.25) is 0 Å². The number of pyridine rings is 1. The predicted molar refractivity (Wildman–Crippen MR) is 91.9 cm³/mol. The molecule has 134 valence electrons. The van der Waals surface area contributed by atoms with Crippen LogP contribution >= 0.6 is 0 Å². The van der Waals surface area contributed by atoms with Crippen LogP contribution < -0.4 is 5.32 Å². The molecular weight excluding hydrogens is 320 g/mol. The summed E-state index contributed by atoms with van der Waals surface area (Å²) in [6.45, 7) is 7.39. The molecule has 0 radical (unpaired) electrons. The van der Waals surface area contributed by atoms with E-state index >= 15 is 0 Å². The van der Waals surface area contributed by atoms with Crippen LogP contribution in [0.15, 0.2) is 22.9 Å². The lowest BCUT2D eigenvalue weighted by Crippen LogP contribution is -2.34. The molecular formula is C18H24N4O3. The van der Waals surface area contributed by atoms with E-state index in [1.54, 1.807) is 6.20 Å². The van der Waals surface area contributed by atoms with E-state index < -0.39 is 11.7 Å². The summed E-state index contributed by atoms with van der Waals surface area (Å²) in [6.07, 6.45) is 4.26. The molecule has 1 aliphatic carbocycles. The van der Waals surface area contributed by atoms with Crippen LogP contribution in [-0.4, -0.2) is 26.8 Å².